The summed E-state index contributed by atoms with van der Waals surface area (Å²) in [4.78, 5) is 0. The first-order chi connectivity index (χ1) is 28.7. The Morgan fingerprint density at radius 3 is 0.776 bits per heavy atom. The van der Waals surface area contributed by atoms with Crippen LogP contribution in [-0.4, -0.2) is 13.4 Å². The Morgan fingerprint density at radius 1 is 0.207 bits per heavy atom. The lowest BCUT2D eigenvalue weighted by atomic mass is 9.35. The van der Waals surface area contributed by atoms with Gasteiger partial charge in [-0.15, -0.1) is 0 Å². The molecule has 12 rings (SSSR count). The van der Waals surface area contributed by atoms with Gasteiger partial charge in [0.25, 0.3) is 0 Å². The minimum atomic E-state index is 0.0428. The van der Waals surface area contributed by atoms with Gasteiger partial charge in [-0.1, -0.05) is 251 Å². The summed E-state index contributed by atoms with van der Waals surface area (Å²) in [6.45, 7) is 0.0856. The number of hydrogen-bond acceptors (Lipinski definition) is 0. The fourth-order valence-corrected chi connectivity index (χ4v) is 10.0. The van der Waals surface area contributed by atoms with E-state index in [9.17, 15) is 0 Å². The lowest BCUT2D eigenvalue weighted by molar-refractivity contribution is 1.75. The molecular weight excluding hydrogens is 694 g/mol. The second-order valence-electron chi connectivity index (χ2n) is 16.0. The predicted molar refractivity (Wildman–Crippen MR) is 255 cm³/mol. The minimum absolute atomic E-state index is 0.0428. The highest BCUT2D eigenvalue weighted by Gasteiger charge is 2.28. The van der Waals surface area contributed by atoms with Crippen molar-refractivity contribution in [1.29, 1.82) is 0 Å². The van der Waals surface area contributed by atoms with E-state index < -0.39 is 0 Å². The molecule has 0 aliphatic rings. The van der Waals surface area contributed by atoms with Crippen LogP contribution in [0.25, 0.3) is 75.4 Å². The fraction of sp³-hybridized carbons (Fsp3) is 0. The predicted octanol–water partition coefficient (Wildman–Crippen LogP) is 10.2. The molecule has 12 aromatic rings. The van der Waals surface area contributed by atoms with Gasteiger partial charge in [0.1, 0.15) is 0 Å². The van der Waals surface area contributed by atoms with Gasteiger partial charge in [0, 0.05) is 0 Å². The first-order valence-corrected chi connectivity index (χ1v) is 20.4. The minimum Gasteiger partial charge on any atom is -0.0680 e. The van der Waals surface area contributed by atoms with Crippen LogP contribution in [0.15, 0.2) is 218 Å². The monoisotopic (exact) mass is 730 g/mol. The zero-order valence-electron chi connectivity index (χ0n) is 31.9. The third-order valence-corrected chi connectivity index (χ3v) is 12.8. The van der Waals surface area contributed by atoms with Crippen molar-refractivity contribution in [2.45, 2.75) is 0 Å². The molecule has 0 amide bonds. The summed E-state index contributed by atoms with van der Waals surface area (Å²) in [7, 11) is 0. The van der Waals surface area contributed by atoms with E-state index in [1.54, 1.807) is 0 Å². The summed E-state index contributed by atoms with van der Waals surface area (Å²) in [6.07, 6.45) is 0. The van der Waals surface area contributed by atoms with Crippen LogP contribution in [0.3, 0.4) is 0 Å². The molecule has 0 bridgehead atoms. The van der Waals surface area contributed by atoms with Crippen LogP contribution in [0.5, 0.6) is 0 Å². The third kappa shape index (κ3) is 5.33. The normalized spacial score (nSPS) is 11.8. The Hall–Kier alpha value is -7.15. The number of hydrogen-bond donors (Lipinski definition) is 0. The van der Waals surface area contributed by atoms with E-state index >= 15 is 0 Å². The van der Waals surface area contributed by atoms with E-state index in [0.29, 0.717) is 0 Å². The van der Waals surface area contributed by atoms with Crippen LogP contribution in [-0.2, 0) is 0 Å². The van der Waals surface area contributed by atoms with E-state index in [1.807, 2.05) is 0 Å². The van der Waals surface area contributed by atoms with Crippen molar-refractivity contribution in [2.75, 3.05) is 0 Å². The summed E-state index contributed by atoms with van der Waals surface area (Å²) in [6, 6.07) is 82.1. The van der Waals surface area contributed by atoms with E-state index in [4.69, 9.17) is 0 Å². The SMILES string of the molecule is c1ccc2cc(B(c3ccc4ccccc4c3)c3ccc4ccc5c(B(c6ccc7ccccc7c6)c6ccc7ccccc7c6)ccc6ccc3c4c65)ccc2c1. The van der Waals surface area contributed by atoms with Crippen molar-refractivity contribution in [3.63, 3.8) is 0 Å². The van der Waals surface area contributed by atoms with Gasteiger partial charge in [-0.2, -0.15) is 0 Å². The summed E-state index contributed by atoms with van der Waals surface area (Å²) < 4.78 is 0. The molecule has 12 aromatic carbocycles. The molecule has 0 saturated carbocycles. The maximum absolute atomic E-state index is 2.41. The van der Waals surface area contributed by atoms with Gasteiger partial charge in [-0.3, -0.25) is 0 Å². The van der Waals surface area contributed by atoms with Crippen LogP contribution in [0.2, 0.25) is 0 Å². The molecule has 0 radical (unpaired) electrons. The highest BCUT2D eigenvalue weighted by Crippen LogP contribution is 2.34. The zero-order chi connectivity index (χ0) is 38.2. The second kappa shape index (κ2) is 13.2. The lowest BCUT2D eigenvalue weighted by Gasteiger charge is -2.23. The maximum Gasteiger partial charge on any atom is 0.242 e. The number of benzene rings is 12. The summed E-state index contributed by atoms with van der Waals surface area (Å²) in [5.41, 5.74) is 7.88. The van der Waals surface area contributed by atoms with Crippen molar-refractivity contribution in [3.8, 4) is 0 Å². The molecule has 266 valence electrons. The van der Waals surface area contributed by atoms with Crippen LogP contribution in [0.1, 0.15) is 0 Å². The molecular formula is C56H36B2. The first kappa shape index (κ1) is 33.0. The van der Waals surface area contributed by atoms with Crippen molar-refractivity contribution in [3.05, 3.63) is 218 Å². The van der Waals surface area contributed by atoms with Gasteiger partial charge in [0.15, 0.2) is 0 Å². The van der Waals surface area contributed by atoms with E-state index in [-0.39, 0.29) is 13.4 Å². The maximum atomic E-state index is 2.41. The van der Waals surface area contributed by atoms with Gasteiger partial charge < -0.3 is 0 Å². The van der Waals surface area contributed by atoms with Crippen molar-refractivity contribution < 1.29 is 0 Å². The van der Waals surface area contributed by atoms with Crippen LogP contribution in [0, 0.1) is 0 Å². The van der Waals surface area contributed by atoms with Gasteiger partial charge in [-0.05, 0) is 75.4 Å². The third-order valence-electron chi connectivity index (χ3n) is 12.8. The molecule has 2 heteroatoms. The highest BCUT2D eigenvalue weighted by molar-refractivity contribution is 6.98. The zero-order valence-corrected chi connectivity index (χ0v) is 31.9. The molecule has 0 fully saturated rings. The van der Waals surface area contributed by atoms with Gasteiger partial charge in [0.05, 0.1) is 0 Å². The van der Waals surface area contributed by atoms with E-state index in [1.165, 1.54) is 108 Å². The van der Waals surface area contributed by atoms with Crippen LogP contribution >= 0.6 is 0 Å². The average molecular weight is 731 g/mol. The number of rotatable bonds is 6. The Kier molecular flexibility index (Phi) is 7.53. The Bertz CT molecular complexity index is 3150. The van der Waals surface area contributed by atoms with E-state index in [2.05, 4.69) is 218 Å². The van der Waals surface area contributed by atoms with Crippen molar-refractivity contribution in [2.24, 2.45) is 0 Å². The summed E-state index contributed by atoms with van der Waals surface area (Å²) >= 11 is 0. The first-order valence-electron chi connectivity index (χ1n) is 20.4. The molecule has 0 heterocycles. The summed E-state index contributed by atoms with van der Waals surface area (Å²) in [5.74, 6) is 0. The lowest BCUT2D eigenvalue weighted by Crippen LogP contribution is -2.52. The van der Waals surface area contributed by atoms with Crippen molar-refractivity contribution >= 4 is 122 Å². The van der Waals surface area contributed by atoms with Crippen LogP contribution < -0.4 is 32.8 Å². The molecule has 0 aromatic heterocycles. The fourth-order valence-electron chi connectivity index (χ4n) is 10.0. The molecule has 0 N–H and O–H groups in total. The van der Waals surface area contributed by atoms with Gasteiger partial charge >= 0.3 is 0 Å². The largest absolute Gasteiger partial charge is 0.242 e. The smallest absolute Gasteiger partial charge is 0.0680 e. The molecule has 58 heavy (non-hydrogen) atoms. The molecule has 0 aliphatic carbocycles. The Morgan fingerprint density at radius 2 is 0.466 bits per heavy atom. The molecule has 0 atom stereocenters. The van der Waals surface area contributed by atoms with Gasteiger partial charge in [-0.25, -0.2) is 0 Å². The molecule has 0 nitrogen and oxygen atoms in total. The topological polar surface area (TPSA) is 0 Å². The Labute approximate surface area is 338 Å². The molecule has 0 unspecified atom stereocenters. The highest BCUT2D eigenvalue weighted by atomic mass is 14.2. The quantitative estimate of drug-likeness (QED) is 0.118. The molecule has 0 spiro atoms. The average Bonchev–Trinajstić information content (AvgIpc) is 3.29. The van der Waals surface area contributed by atoms with Crippen LogP contribution in [0.4, 0.5) is 0 Å². The second-order valence-corrected chi connectivity index (χ2v) is 16.0. The standard InChI is InChI=1S/C56H36B2/c1-5-13-43-33-47(25-17-37(43)9-1)57(48-26-18-38-10-2-6-14-44(38)34-48)53-31-23-41-22-30-52-54(32-24-42-21-29-51(53)55(41)56(42)52)58(49-27-19-39-11-3-7-15-45(39)35-49)50-28-20-40-12-4-8-16-46(40)36-50/h1-36H. The number of fused-ring (bicyclic) bond motifs is 4. The van der Waals surface area contributed by atoms with Crippen molar-refractivity contribution in [1.82, 2.24) is 0 Å². The Balaban J connectivity index is 1.12. The molecule has 0 aliphatic heterocycles. The summed E-state index contributed by atoms with van der Waals surface area (Å²) in [5, 5.41) is 18.0. The molecule has 0 saturated heterocycles. The van der Waals surface area contributed by atoms with Gasteiger partial charge in [0.2, 0.25) is 13.4 Å². The van der Waals surface area contributed by atoms with E-state index in [0.717, 1.165) is 0 Å².